The first-order chi connectivity index (χ1) is 8.55. The maximum atomic E-state index is 12.3. The average molecular weight is 351 g/mol. The molecule has 106 valence electrons. The molecule has 0 radical (unpaired) electrons. The van der Waals surface area contributed by atoms with Crippen molar-refractivity contribution in [3.8, 4) is 5.75 Å². The first-order valence-electron chi connectivity index (χ1n) is 4.60. The van der Waals surface area contributed by atoms with Gasteiger partial charge in [-0.1, -0.05) is 15.9 Å². The Labute approximate surface area is 111 Å². The molecule has 2 nitrogen and oxygen atoms in total. The van der Waals surface area contributed by atoms with Gasteiger partial charge in [0, 0.05) is 4.47 Å². The number of benzene rings is 1. The molecule has 1 aromatic rings. The summed E-state index contributed by atoms with van der Waals surface area (Å²) in [6, 6.07) is 3.18. The highest BCUT2D eigenvalue weighted by Crippen LogP contribution is 2.37. The second-order valence-electron chi connectivity index (χ2n) is 3.38. The average Bonchev–Trinajstić information content (AvgIpc) is 2.23. The van der Waals surface area contributed by atoms with E-state index in [0.29, 0.717) is 0 Å². The third kappa shape index (κ3) is 4.12. The molecule has 0 spiro atoms. The topological polar surface area (TPSA) is 26.3 Å². The Kier molecular flexibility index (Phi) is 4.49. The van der Waals surface area contributed by atoms with E-state index in [4.69, 9.17) is 0 Å². The number of carbonyl (C=O) groups is 1. The molecule has 0 N–H and O–H groups in total. The Morgan fingerprint density at radius 3 is 2.05 bits per heavy atom. The molecule has 0 unspecified atom stereocenters. The van der Waals surface area contributed by atoms with Crippen LogP contribution in [0.4, 0.5) is 26.3 Å². The van der Waals surface area contributed by atoms with E-state index in [-0.39, 0.29) is 10.8 Å². The zero-order valence-electron chi connectivity index (χ0n) is 8.85. The van der Waals surface area contributed by atoms with E-state index in [2.05, 4.69) is 20.7 Å². The van der Waals surface area contributed by atoms with Gasteiger partial charge in [0.2, 0.25) is 0 Å². The maximum absolute atomic E-state index is 12.3. The van der Waals surface area contributed by atoms with Crippen LogP contribution in [-0.2, 0) is 0 Å². The molecule has 0 heterocycles. The van der Waals surface area contributed by atoms with E-state index in [1.807, 2.05) is 0 Å². The van der Waals surface area contributed by atoms with Crippen molar-refractivity contribution < 1.29 is 35.9 Å². The minimum atomic E-state index is -5.64. The van der Waals surface area contributed by atoms with Crippen LogP contribution in [0.3, 0.4) is 0 Å². The monoisotopic (exact) mass is 350 g/mol. The van der Waals surface area contributed by atoms with Crippen molar-refractivity contribution >= 4 is 22.2 Å². The molecule has 0 fully saturated rings. The SMILES string of the molecule is O=Cc1ccc(Br)cc1OC(C(F)(F)F)C(F)(F)F. The van der Waals surface area contributed by atoms with Crippen molar-refractivity contribution in [2.45, 2.75) is 18.5 Å². The van der Waals surface area contributed by atoms with Gasteiger partial charge in [0.15, 0.2) is 6.29 Å². The number of halogens is 7. The van der Waals surface area contributed by atoms with Gasteiger partial charge < -0.3 is 4.74 Å². The normalized spacial score (nSPS) is 12.6. The second kappa shape index (κ2) is 5.40. The molecule has 0 amide bonds. The van der Waals surface area contributed by atoms with Gasteiger partial charge in [0.1, 0.15) is 5.75 Å². The molecular formula is C10H5BrF6O2. The van der Waals surface area contributed by atoms with Crippen LogP contribution in [-0.4, -0.2) is 24.7 Å². The number of carbonyl (C=O) groups excluding carboxylic acids is 1. The van der Waals surface area contributed by atoms with Crippen LogP contribution in [0.2, 0.25) is 0 Å². The highest BCUT2D eigenvalue weighted by atomic mass is 79.9. The number of hydrogen-bond donors (Lipinski definition) is 0. The number of rotatable bonds is 3. The molecule has 19 heavy (non-hydrogen) atoms. The van der Waals surface area contributed by atoms with E-state index >= 15 is 0 Å². The minimum Gasteiger partial charge on any atom is -0.471 e. The summed E-state index contributed by atoms with van der Waals surface area (Å²) < 4.78 is 77.9. The maximum Gasteiger partial charge on any atom is 0.434 e. The van der Waals surface area contributed by atoms with Gasteiger partial charge in [-0.3, -0.25) is 4.79 Å². The van der Waals surface area contributed by atoms with Gasteiger partial charge in [-0.05, 0) is 18.2 Å². The van der Waals surface area contributed by atoms with Gasteiger partial charge in [-0.15, -0.1) is 0 Å². The lowest BCUT2D eigenvalue weighted by atomic mass is 10.2. The van der Waals surface area contributed by atoms with Crippen molar-refractivity contribution in [2.24, 2.45) is 0 Å². The molecule has 1 rings (SSSR count). The van der Waals surface area contributed by atoms with Crippen LogP contribution < -0.4 is 4.74 Å². The van der Waals surface area contributed by atoms with Crippen molar-refractivity contribution in [1.82, 2.24) is 0 Å². The van der Waals surface area contributed by atoms with Crippen molar-refractivity contribution in [1.29, 1.82) is 0 Å². The third-order valence-electron chi connectivity index (χ3n) is 1.94. The first kappa shape index (κ1) is 15.8. The summed E-state index contributed by atoms with van der Waals surface area (Å²) in [6.45, 7) is 0. The first-order valence-corrected chi connectivity index (χ1v) is 5.40. The second-order valence-corrected chi connectivity index (χ2v) is 4.30. The van der Waals surface area contributed by atoms with Gasteiger partial charge in [-0.2, -0.15) is 26.3 Å². The molecule has 1 aromatic carbocycles. The van der Waals surface area contributed by atoms with E-state index in [1.54, 1.807) is 0 Å². The van der Waals surface area contributed by atoms with Crippen LogP contribution >= 0.6 is 15.9 Å². The standard InChI is InChI=1S/C10H5BrF6O2/c11-6-2-1-5(4-18)7(3-6)19-8(9(12,13)14)10(15,16)17/h1-4,8H. The number of alkyl halides is 6. The Morgan fingerprint density at radius 2 is 1.63 bits per heavy atom. The number of hydrogen-bond acceptors (Lipinski definition) is 2. The van der Waals surface area contributed by atoms with Crippen LogP contribution in [0.15, 0.2) is 22.7 Å². The summed E-state index contributed by atoms with van der Waals surface area (Å²) in [4.78, 5) is 10.6. The molecule has 0 bridgehead atoms. The lowest BCUT2D eigenvalue weighted by Gasteiger charge is -2.24. The molecule has 0 aliphatic rings. The number of ether oxygens (including phenoxy) is 1. The highest BCUT2D eigenvalue weighted by molar-refractivity contribution is 9.10. The van der Waals surface area contributed by atoms with Crippen molar-refractivity contribution in [2.75, 3.05) is 0 Å². The summed E-state index contributed by atoms with van der Waals surface area (Å²) >= 11 is 2.86. The molecule has 0 saturated heterocycles. The van der Waals surface area contributed by atoms with Gasteiger partial charge in [0.05, 0.1) is 5.56 Å². The van der Waals surface area contributed by atoms with E-state index in [1.165, 1.54) is 6.07 Å². The van der Waals surface area contributed by atoms with Gasteiger partial charge in [0.25, 0.3) is 6.10 Å². The van der Waals surface area contributed by atoms with Crippen LogP contribution in [0.25, 0.3) is 0 Å². The summed E-state index contributed by atoms with van der Waals surface area (Å²) in [5.41, 5.74) is -0.415. The van der Waals surface area contributed by atoms with Gasteiger partial charge >= 0.3 is 12.4 Å². The molecular weight excluding hydrogens is 346 g/mol. The minimum absolute atomic E-state index is 0.103. The summed E-state index contributed by atoms with van der Waals surface area (Å²) in [6.07, 6.45) is -15.2. The fourth-order valence-electron chi connectivity index (χ4n) is 1.15. The molecule has 9 heteroatoms. The van der Waals surface area contributed by atoms with E-state index in [0.717, 1.165) is 12.1 Å². The molecule has 0 atom stereocenters. The molecule has 0 saturated carbocycles. The van der Waals surface area contributed by atoms with E-state index in [9.17, 15) is 31.1 Å². The molecule has 0 aliphatic heterocycles. The molecule has 0 aliphatic carbocycles. The van der Waals surface area contributed by atoms with Crippen LogP contribution in [0, 0.1) is 0 Å². The summed E-state index contributed by atoms with van der Waals surface area (Å²) in [5, 5.41) is 0. The fraction of sp³-hybridized carbons (Fsp3) is 0.300. The van der Waals surface area contributed by atoms with Crippen molar-refractivity contribution in [3.05, 3.63) is 28.2 Å². The quantitative estimate of drug-likeness (QED) is 0.605. The summed E-state index contributed by atoms with van der Waals surface area (Å²) in [5.74, 6) is -0.802. The Hall–Kier alpha value is -1.25. The Balaban J connectivity index is 3.17. The smallest absolute Gasteiger partial charge is 0.434 e. The third-order valence-corrected chi connectivity index (χ3v) is 2.44. The van der Waals surface area contributed by atoms with Crippen LogP contribution in [0.1, 0.15) is 10.4 Å². The highest BCUT2D eigenvalue weighted by Gasteiger charge is 2.59. The van der Waals surface area contributed by atoms with Gasteiger partial charge in [-0.25, -0.2) is 0 Å². The summed E-state index contributed by atoms with van der Waals surface area (Å²) in [7, 11) is 0. The molecule has 0 aromatic heterocycles. The predicted octanol–water partition coefficient (Wildman–Crippen LogP) is 4.13. The van der Waals surface area contributed by atoms with E-state index < -0.39 is 29.8 Å². The fourth-order valence-corrected chi connectivity index (χ4v) is 1.49. The largest absolute Gasteiger partial charge is 0.471 e. The lowest BCUT2D eigenvalue weighted by Crippen LogP contribution is -2.46. The zero-order valence-corrected chi connectivity index (χ0v) is 10.4. The predicted molar refractivity (Wildman–Crippen MR) is 56.1 cm³/mol. The lowest BCUT2D eigenvalue weighted by molar-refractivity contribution is -0.299. The zero-order chi connectivity index (χ0) is 14.8. The Bertz CT molecular complexity index is 454. The van der Waals surface area contributed by atoms with Crippen molar-refractivity contribution in [3.63, 3.8) is 0 Å². The Morgan fingerprint density at radius 1 is 1.11 bits per heavy atom. The number of aldehydes is 1. The van der Waals surface area contributed by atoms with Crippen LogP contribution in [0.5, 0.6) is 5.75 Å².